The number of hydrogen-bond donors (Lipinski definition) is 2. The average Bonchev–Trinajstić information content (AvgIpc) is 3.04. The minimum atomic E-state index is -0.223. The van der Waals surface area contributed by atoms with Crippen LogP contribution in [0, 0.1) is 0 Å². The topological polar surface area (TPSA) is 63.4 Å². The van der Waals surface area contributed by atoms with E-state index in [1.807, 2.05) is 18.4 Å². The molecule has 0 unspecified atom stereocenters. The Kier molecular flexibility index (Phi) is 4.23. The van der Waals surface area contributed by atoms with Crippen molar-refractivity contribution < 1.29 is 14.3 Å². The van der Waals surface area contributed by atoms with Gasteiger partial charge in [-0.25, -0.2) is 0 Å². The Bertz CT molecular complexity index is 970. The van der Waals surface area contributed by atoms with E-state index in [0.717, 1.165) is 15.8 Å². The highest BCUT2D eigenvalue weighted by molar-refractivity contribution is 7.98. The number of nitrogens with one attached hydrogen (secondary N) is 2. The van der Waals surface area contributed by atoms with E-state index in [1.165, 1.54) is 11.8 Å². The van der Waals surface area contributed by atoms with E-state index in [2.05, 4.69) is 10.3 Å². The first kappa shape index (κ1) is 16.2. The summed E-state index contributed by atoms with van der Waals surface area (Å²) in [6.45, 7) is 1.03. The number of amides is 1. The van der Waals surface area contributed by atoms with E-state index in [9.17, 15) is 4.79 Å². The third kappa shape index (κ3) is 3.15. The summed E-state index contributed by atoms with van der Waals surface area (Å²) >= 11 is 7.53. The molecule has 0 atom stereocenters. The van der Waals surface area contributed by atoms with Crippen molar-refractivity contribution >= 4 is 45.9 Å². The van der Waals surface area contributed by atoms with Gasteiger partial charge in [-0.2, -0.15) is 0 Å². The number of rotatable bonds is 3. The van der Waals surface area contributed by atoms with Crippen LogP contribution in [0.3, 0.4) is 0 Å². The second-order valence-electron chi connectivity index (χ2n) is 5.56. The van der Waals surface area contributed by atoms with E-state index in [1.54, 1.807) is 24.3 Å². The van der Waals surface area contributed by atoms with Crippen molar-refractivity contribution in [3.8, 4) is 11.5 Å². The van der Waals surface area contributed by atoms with Gasteiger partial charge in [-0.05, 0) is 30.5 Å². The summed E-state index contributed by atoms with van der Waals surface area (Å²) in [4.78, 5) is 16.7. The number of H-pyrrole nitrogens is 1. The first-order valence-electron chi connectivity index (χ1n) is 7.71. The van der Waals surface area contributed by atoms with Gasteiger partial charge in [-0.1, -0.05) is 17.7 Å². The van der Waals surface area contributed by atoms with Crippen LogP contribution in [-0.2, 0) is 0 Å². The molecule has 1 amide bonds. The Hall–Kier alpha value is -2.31. The monoisotopic (exact) mass is 374 g/mol. The lowest BCUT2D eigenvalue weighted by molar-refractivity contribution is 0.102. The van der Waals surface area contributed by atoms with E-state index >= 15 is 0 Å². The van der Waals surface area contributed by atoms with Crippen LogP contribution in [0.4, 0.5) is 5.69 Å². The number of carbonyl (C=O) groups is 1. The minimum absolute atomic E-state index is 0.223. The molecule has 0 aliphatic carbocycles. The summed E-state index contributed by atoms with van der Waals surface area (Å²) in [5.41, 5.74) is 1.99. The molecule has 0 radical (unpaired) electrons. The lowest BCUT2D eigenvalue weighted by atomic mass is 10.2. The number of aromatic amines is 1. The number of benzene rings is 2. The van der Waals surface area contributed by atoms with Crippen molar-refractivity contribution in [1.82, 2.24) is 4.98 Å². The van der Waals surface area contributed by atoms with Gasteiger partial charge in [0.25, 0.3) is 5.91 Å². The molecule has 0 bridgehead atoms. The van der Waals surface area contributed by atoms with Gasteiger partial charge in [-0.15, -0.1) is 11.8 Å². The third-order valence-electron chi connectivity index (χ3n) is 3.94. The molecule has 0 fully saturated rings. The highest BCUT2D eigenvalue weighted by atomic mass is 35.5. The van der Waals surface area contributed by atoms with Gasteiger partial charge in [0.15, 0.2) is 11.5 Å². The summed E-state index contributed by atoms with van der Waals surface area (Å²) in [5, 5.41) is 4.50. The maximum absolute atomic E-state index is 12.6. The van der Waals surface area contributed by atoms with E-state index < -0.39 is 0 Å². The van der Waals surface area contributed by atoms with Gasteiger partial charge in [0.2, 0.25) is 0 Å². The minimum Gasteiger partial charge on any atom is -0.486 e. The lowest BCUT2D eigenvalue weighted by Crippen LogP contribution is -2.17. The number of carbonyl (C=O) groups excluding carboxylic acids is 1. The van der Waals surface area contributed by atoms with Gasteiger partial charge in [0.05, 0.1) is 5.69 Å². The number of halogens is 1. The van der Waals surface area contributed by atoms with Crippen LogP contribution in [0.25, 0.3) is 10.9 Å². The van der Waals surface area contributed by atoms with E-state index in [-0.39, 0.29) is 5.91 Å². The molecule has 4 rings (SSSR count). The number of ether oxygens (including phenoxy) is 2. The fourth-order valence-electron chi connectivity index (χ4n) is 2.75. The van der Waals surface area contributed by atoms with Crippen molar-refractivity contribution in [3.63, 3.8) is 0 Å². The van der Waals surface area contributed by atoms with Crippen LogP contribution >= 0.6 is 23.4 Å². The standard InChI is InChI=1S/C18H15ClN2O3S/c1-25-17-9-16-15(23-4-5-24-16)8-13(17)21-18(22)14-6-10-2-3-11(19)7-12(10)20-14/h2-3,6-9,20H,4-5H2,1H3,(H,21,22). The van der Waals surface area contributed by atoms with Gasteiger partial charge in [-0.3, -0.25) is 4.79 Å². The molecular formula is C18H15ClN2O3S. The SMILES string of the molecule is CSc1cc2c(cc1NC(=O)c1cc3ccc(Cl)cc3[nH]1)OCCO2. The van der Waals surface area contributed by atoms with Crippen LogP contribution in [0.15, 0.2) is 41.3 Å². The lowest BCUT2D eigenvalue weighted by Gasteiger charge is -2.20. The van der Waals surface area contributed by atoms with E-state index in [0.29, 0.717) is 41.1 Å². The molecule has 2 aromatic carbocycles. The van der Waals surface area contributed by atoms with Gasteiger partial charge >= 0.3 is 0 Å². The maximum Gasteiger partial charge on any atom is 0.272 e. The molecule has 1 aliphatic heterocycles. The van der Waals surface area contributed by atoms with Crippen LogP contribution in [-0.4, -0.2) is 30.4 Å². The highest BCUT2D eigenvalue weighted by Crippen LogP contribution is 2.39. The van der Waals surface area contributed by atoms with Crippen molar-refractivity contribution in [1.29, 1.82) is 0 Å². The molecular weight excluding hydrogens is 360 g/mol. The molecule has 7 heteroatoms. The van der Waals surface area contributed by atoms with E-state index in [4.69, 9.17) is 21.1 Å². The van der Waals surface area contributed by atoms with Crippen LogP contribution < -0.4 is 14.8 Å². The molecule has 0 saturated carbocycles. The number of thioether (sulfide) groups is 1. The number of aromatic nitrogens is 1. The Morgan fingerprint density at radius 1 is 1.16 bits per heavy atom. The Balaban J connectivity index is 1.65. The second kappa shape index (κ2) is 6.54. The molecule has 128 valence electrons. The molecule has 2 heterocycles. The summed E-state index contributed by atoms with van der Waals surface area (Å²) in [5.74, 6) is 1.12. The molecule has 0 spiro atoms. The normalized spacial score (nSPS) is 13.0. The zero-order valence-corrected chi connectivity index (χ0v) is 15.0. The maximum atomic E-state index is 12.6. The van der Waals surface area contributed by atoms with Crippen LogP contribution in [0.5, 0.6) is 11.5 Å². The molecule has 3 aromatic rings. The Morgan fingerprint density at radius 3 is 2.68 bits per heavy atom. The highest BCUT2D eigenvalue weighted by Gasteiger charge is 2.18. The largest absolute Gasteiger partial charge is 0.486 e. The fourth-order valence-corrected chi connectivity index (χ4v) is 3.47. The molecule has 0 saturated heterocycles. The Morgan fingerprint density at radius 2 is 1.92 bits per heavy atom. The first-order chi connectivity index (χ1) is 12.1. The molecule has 5 nitrogen and oxygen atoms in total. The van der Waals surface area contributed by atoms with Crippen molar-refractivity contribution in [3.05, 3.63) is 47.1 Å². The smallest absolute Gasteiger partial charge is 0.272 e. The second-order valence-corrected chi connectivity index (χ2v) is 6.85. The van der Waals surface area contributed by atoms with Crippen LogP contribution in [0.1, 0.15) is 10.5 Å². The first-order valence-corrected chi connectivity index (χ1v) is 9.31. The zero-order valence-electron chi connectivity index (χ0n) is 13.4. The summed E-state index contributed by atoms with van der Waals surface area (Å²) in [6.07, 6.45) is 1.95. The third-order valence-corrected chi connectivity index (χ3v) is 4.95. The molecule has 1 aromatic heterocycles. The van der Waals surface area contributed by atoms with Gasteiger partial charge in [0, 0.05) is 26.9 Å². The predicted octanol–water partition coefficient (Wildman–Crippen LogP) is 4.57. The molecule has 1 aliphatic rings. The fraction of sp³-hybridized carbons (Fsp3) is 0.167. The van der Waals surface area contributed by atoms with Crippen molar-refractivity contribution in [2.45, 2.75) is 4.90 Å². The molecule has 2 N–H and O–H groups in total. The zero-order chi connectivity index (χ0) is 17.4. The quantitative estimate of drug-likeness (QED) is 0.659. The van der Waals surface area contributed by atoms with Crippen molar-refractivity contribution in [2.75, 3.05) is 24.8 Å². The number of hydrogen-bond acceptors (Lipinski definition) is 4. The summed E-state index contributed by atoms with van der Waals surface area (Å²) in [7, 11) is 0. The number of anilines is 1. The number of fused-ring (bicyclic) bond motifs is 2. The van der Waals surface area contributed by atoms with Gasteiger partial charge in [0.1, 0.15) is 18.9 Å². The Labute approximate surface area is 153 Å². The van der Waals surface area contributed by atoms with Crippen LogP contribution in [0.2, 0.25) is 5.02 Å². The molecule has 25 heavy (non-hydrogen) atoms. The summed E-state index contributed by atoms with van der Waals surface area (Å²) in [6, 6.07) is 11.0. The summed E-state index contributed by atoms with van der Waals surface area (Å²) < 4.78 is 11.2. The average molecular weight is 375 g/mol. The predicted molar refractivity (Wildman–Crippen MR) is 100 cm³/mol. The van der Waals surface area contributed by atoms with Crippen molar-refractivity contribution in [2.24, 2.45) is 0 Å². The van der Waals surface area contributed by atoms with Gasteiger partial charge < -0.3 is 19.8 Å².